The number of hydrogen-bond donors (Lipinski definition) is 1. The van der Waals surface area contributed by atoms with E-state index in [-0.39, 0.29) is 0 Å². The van der Waals surface area contributed by atoms with Crippen LogP contribution in [0.1, 0.15) is 31.2 Å². The van der Waals surface area contributed by atoms with Crippen LogP contribution in [0, 0.1) is 5.92 Å². The first-order valence-electron chi connectivity index (χ1n) is 7.35. The van der Waals surface area contributed by atoms with Crippen LogP contribution in [0.2, 0.25) is 0 Å². The van der Waals surface area contributed by atoms with E-state index in [1.54, 1.807) is 0 Å². The van der Waals surface area contributed by atoms with E-state index in [1.165, 1.54) is 50.8 Å². The van der Waals surface area contributed by atoms with E-state index in [0.29, 0.717) is 6.04 Å². The van der Waals surface area contributed by atoms with Crippen LogP contribution in [-0.2, 0) is 6.42 Å². The quantitative estimate of drug-likeness (QED) is 0.885. The van der Waals surface area contributed by atoms with Gasteiger partial charge in [-0.1, -0.05) is 30.3 Å². The van der Waals surface area contributed by atoms with Crippen molar-refractivity contribution < 1.29 is 0 Å². The van der Waals surface area contributed by atoms with E-state index in [9.17, 15) is 0 Å². The van der Waals surface area contributed by atoms with Crippen molar-refractivity contribution >= 4 is 0 Å². The van der Waals surface area contributed by atoms with Crippen molar-refractivity contribution in [3.05, 3.63) is 35.9 Å². The zero-order valence-corrected chi connectivity index (χ0v) is 11.1. The van der Waals surface area contributed by atoms with Gasteiger partial charge in [-0.15, -0.1) is 0 Å². The van der Waals surface area contributed by atoms with Gasteiger partial charge in [-0.3, -0.25) is 0 Å². The molecule has 1 aliphatic heterocycles. The zero-order valence-electron chi connectivity index (χ0n) is 11.1. The summed E-state index contributed by atoms with van der Waals surface area (Å²) in [7, 11) is 0. The largest absolute Gasteiger partial charge is 0.328 e. The third-order valence-corrected chi connectivity index (χ3v) is 4.68. The van der Waals surface area contributed by atoms with Gasteiger partial charge in [0.05, 0.1) is 0 Å². The van der Waals surface area contributed by atoms with Crippen molar-refractivity contribution in [3.8, 4) is 0 Å². The highest BCUT2D eigenvalue weighted by molar-refractivity contribution is 5.15. The fraction of sp³-hybridized carbons (Fsp3) is 0.625. The molecule has 1 aromatic rings. The van der Waals surface area contributed by atoms with Crippen LogP contribution in [0.3, 0.4) is 0 Å². The third-order valence-electron chi connectivity index (χ3n) is 4.68. The lowest BCUT2D eigenvalue weighted by molar-refractivity contribution is 0.0728. The highest BCUT2D eigenvalue weighted by Gasteiger charge is 2.33. The summed E-state index contributed by atoms with van der Waals surface area (Å²) in [5, 5.41) is 0. The average molecular weight is 244 g/mol. The Morgan fingerprint density at radius 1 is 1.06 bits per heavy atom. The first kappa shape index (κ1) is 12.2. The molecule has 1 saturated carbocycles. The van der Waals surface area contributed by atoms with Gasteiger partial charge in [0.25, 0.3) is 0 Å². The van der Waals surface area contributed by atoms with Gasteiger partial charge in [-0.05, 0) is 56.7 Å². The van der Waals surface area contributed by atoms with Gasteiger partial charge in [-0.2, -0.15) is 0 Å². The van der Waals surface area contributed by atoms with Gasteiger partial charge < -0.3 is 10.6 Å². The van der Waals surface area contributed by atoms with E-state index in [2.05, 4.69) is 35.2 Å². The Morgan fingerprint density at radius 2 is 1.72 bits per heavy atom. The minimum absolute atomic E-state index is 0.483. The predicted molar refractivity (Wildman–Crippen MR) is 75.4 cm³/mol. The lowest BCUT2D eigenvalue weighted by atomic mass is 9.83. The van der Waals surface area contributed by atoms with Gasteiger partial charge in [0.15, 0.2) is 0 Å². The Kier molecular flexibility index (Phi) is 3.67. The molecule has 0 aromatic heterocycles. The molecule has 2 nitrogen and oxygen atoms in total. The lowest BCUT2D eigenvalue weighted by Crippen LogP contribution is -2.52. The molecule has 2 heteroatoms. The molecule has 2 aliphatic rings. The fourth-order valence-electron chi connectivity index (χ4n) is 3.40. The Balaban J connectivity index is 1.45. The van der Waals surface area contributed by atoms with E-state index >= 15 is 0 Å². The summed E-state index contributed by atoms with van der Waals surface area (Å²) in [5.41, 5.74) is 7.38. The normalized spacial score (nSPS) is 30.1. The van der Waals surface area contributed by atoms with Gasteiger partial charge in [0.1, 0.15) is 0 Å². The Labute approximate surface area is 110 Å². The highest BCUT2D eigenvalue weighted by Crippen LogP contribution is 2.29. The van der Waals surface area contributed by atoms with Crippen molar-refractivity contribution in [1.82, 2.24) is 4.90 Å². The number of nitrogens with zero attached hydrogens (tertiary/aromatic N) is 1. The summed E-state index contributed by atoms with van der Waals surface area (Å²) in [6, 6.07) is 12.2. The van der Waals surface area contributed by atoms with Crippen LogP contribution in [0.15, 0.2) is 30.3 Å². The van der Waals surface area contributed by atoms with E-state index in [1.807, 2.05) is 0 Å². The SMILES string of the molecule is NC1CC(N2CCC(Cc3ccccc3)CC2)C1. The summed E-state index contributed by atoms with van der Waals surface area (Å²) in [4.78, 5) is 2.67. The topological polar surface area (TPSA) is 29.3 Å². The molecule has 0 amide bonds. The van der Waals surface area contributed by atoms with Gasteiger partial charge in [0, 0.05) is 12.1 Å². The first-order chi connectivity index (χ1) is 8.81. The molecule has 2 N–H and O–H groups in total. The maximum Gasteiger partial charge on any atom is 0.0125 e. The van der Waals surface area contributed by atoms with Gasteiger partial charge in [0.2, 0.25) is 0 Å². The maximum atomic E-state index is 5.88. The number of nitrogens with two attached hydrogens (primary N) is 1. The van der Waals surface area contributed by atoms with Gasteiger partial charge >= 0.3 is 0 Å². The standard InChI is InChI=1S/C16H24N2/c17-15-11-16(12-15)18-8-6-14(7-9-18)10-13-4-2-1-3-5-13/h1-5,14-16H,6-12,17H2. The number of hydrogen-bond acceptors (Lipinski definition) is 2. The molecular weight excluding hydrogens is 220 g/mol. The summed E-state index contributed by atoms with van der Waals surface area (Å²) >= 11 is 0. The molecule has 1 heterocycles. The minimum atomic E-state index is 0.483. The molecule has 0 bridgehead atoms. The van der Waals surface area contributed by atoms with Crippen molar-refractivity contribution in [2.24, 2.45) is 11.7 Å². The molecule has 1 aliphatic carbocycles. The van der Waals surface area contributed by atoms with Crippen molar-refractivity contribution in [3.63, 3.8) is 0 Å². The van der Waals surface area contributed by atoms with E-state index in [4.69, 9.17) is 5.73 Å². The van der Waals surface area contributed by atoms with Crippen molar-refractivity contribution in [2.45, 2.75) is 44.2 Å². The summed E-state index contributed by atoms with van der Waals surface area (Å²) in [6.07, 6.45) is 6.44. The lowest BCUT2D eigenvalue weighted by Gasteiger charge is -2.44. The second-order valence-electron chi connectivity index (χ2n) is 6.05. The van der Waals surface area contributed by atoms with Crippen molar-refractivity contribution in [2.75, 3.05) is 13.1 Å². The predicted octanol–water partition coefficient (Wildman–Crippen LogP) is 2.43. The number of likely N-dealkylation sites (tertiary alicyclic amines) is 1. The molecule has 1 aromatic carbocycles. The molecule has 0 atom stereocenters. The molecule has 0 unspecified atom stereocenters. The number of piperidine rings is 1. The molecule has 0 radical (unpaired) electrons. The smallest absolute Gasteiger partial charge is 0.0125 e. The summed E-state index contributed by atoms with van der Waals surface area (Å²) in [5.74, 6) is 0.886. The van der Waals surface area contributed by atoms with Crippen LogP contribution in [0.25, 0.3) is 0 Å². The van der Waals surface area contributed by atoms with E-state index in [0.717, 1.165) is 12.0 Å². The first-order valence-corrected chi connectivity index (χ1v) is 7.35. The molecule has 98 valence electrons. The molecule has 18 heavy (non-hydrogen) atoms. The van der Waals surface area contributed by atoms with Crippen molar-refractivity contribution in [1.29, 1.82) is 0 Å². The Bertz CT molecular complexity index is 362. The molecule has 2 fully saturated rings. The molecule has 3 rings (SSSR count). The monoisotopic (exact) mass is 244 g/mol. The Morgan fingerprint density at radius 3 is 2.33 bits per heavy atom. The van der Waals surface area contributed by atoms with Crippen LogP contribution < -0.4 is 5.73 Å². The van der Waals surface area contributed by atoms with Crippen LogP contribution in [-0.4, -0.2) is 30.1 Å². The Hall–Kier alpha value is -0.860. The fourth-order valence-corrected chi connectivity index (χ4v) is 3.40. The number of rotatable bonds is 3. The highest BCUT2D eigenvalue weighted by atomic mass is 15.2. The van der Waals surface area contributed by atoms with Crippen LogP contribution in [0.4, 0.5) is 0 Å². The number of benzene rings is 1. The van der Waals surface area contributed by atoms with Crippen LogP contribution in [0.5, 0.6) is 0 Å². The van der Waals surface area contributed by atoms with Gasteiger partial charge in [-0.25, -0.2) is 0 Å². The molecule has 1 saturated heterocycles. The summed E-state index contributed by atoms with van der Waals surface area (Å²) < 4.78 is 0. The van der Waals surface area contributed by atoms with Crippen LogP contribution >= 0.6 is 0 Å². The molecular formula is C16H24N2. The maximum absolute atomic E-state index is 5.88. The van der Waals surface area contributed by atoms with E-state index < -0.39 is 0 Å². The third kappa shape index (κ3) is 2.76. The summed E-state index contributed by atoms with van der Waals surface area (Å²) in [6.45, 7) is 2.57. The zero-order chi connectivity index (χ0) is 12.4. The second-order valence-corrected chi connectivity index (χ2v) is 6.05. The average Bonchev–Trinajstić information content (AvgIpc) is 2.38. The minimum Gasteiger partial charge on any atom is -0.328 e. The second kappa shape index (κ2) is 5.41. The molecule has 0 spiro atoms.